The Morgan fingerprint density at radius 3 is 2.40 bits per heavy atom. The van der Waals surface area contributed by atoms with Crippen molar-refractivity contribution in [3.05, 3.63) is 59.9 Å². The summed E-state index contributed by atoms with van der Waals surface area (Å²) in [5, 5.41) is 0. The monoisotopic (exact) mass is 272 g/mol. The molecule has 0 atom stereocenters. The van der Waals surface area contributed by atoms with Crippen molar-refractivity contribution in [3.8, 4) is 11.1 Å². The van der Waals surface area contributed by atoms with E-state index in [9.17, 15) is 14.0 Å². The normalized spacial score (nSPS) is 10.1. The SMILES string of the molecule is CCOC(=O)C(=O)c1cc(-c2ccccc2)ccc1F. The Hall–Kier alpha value is -2.49. The first kappa shape index (κ1) is 13.9. The zero-order chi connectivity index (χ0) is 14.5. The Balaban J connectivity index is 2.40. The molecule has 0 heterocycles. The molecule has 4 heteroatoms. The number of rotatable bonds is 4. The summed E-state index contributed by atoms with van der Waals surface area (Å²) >= 11 is 0. The lowest BCUT2D eigenvalue weighted by atomic mass is 10.0. The summed E-state index contributed by atoms with van der Waals surface area (Å²) in [4.78, 5) is 23.2. The summed E-state index contributed by atoms with van der Waals surface area (Å²) < 4.78 is 18.3. The molecule has 0 unspecified atom stereocenters. The van der Waals surface area contributed by atoms with Crippen LogP contribution in [0.2, 0.25) is 0 Å². The van der Waals surface area contributed by atoms with Crippen LogP contribution < -0.4 is 0 Å². The van der Waals surface area contributed by atoms with Crippen molar-refractivity contribution in [2.75, 3.05) is 6.61 Å². The molecule has 0 bridgehead atoms. The number of carbonyl (C=O) groups excluding carboxylic acids is 2. The highest BCUT2D eigenvalue weighted by molar-refractivity contribution is 6.40. The van der Waals surface area contributed by atoms with Gasteiger partial charge in [0, 0.05) is 0 Å². The zero-order valence-corrected chi connectivity index (χ0v) is 10.9. The minimum atomic E-state index is -1.04. The largest absolute Gasteiger partial charge is 0.460 e. The van der Waals surface area contributed by atoms with Gasteiger partial charge in [-0.25, -0.2) is 9.18 Å². The molecule has 2 aromatic rings. The van der Waals surface area contributed by atoms with E-state index in [1.807, 2.05) is 30.3 Å². The van der Waals surface area contributed by atoms with E-state index in [4.69, 9.17) is 0 Å². The quantitative estimate of drug-likeness (QED) is 0.487. The highest BCUT2D eigenvalue weighted by Crippen LogP contribution is 2.22. The molecule has 0 aliphatic rings. The van der Waals surface area contributed by atoms with E-state index in [0.717, 1.165) is 5.56 Å². The average molecular weight is 272 g/mol. The fourth-order valence-electron chi connectivity index (χ4n) is 1.82. The van der Waals surface area contributed by atoms with Crippen LogP contribution >= 0.6 is 0 Å². The van der Waals surface area contributed by atoms with Crippen molar-refractivity contribution in [2.45, 2.75) is 6.92 Å². The maximum absolute atomic E-state index is 13.7. The van der Waals surface area contributed by atoms with Crippen LogP contribution in [0.15, 0.2) is 48.5 Å². The van der Waals surface area contributed by atoms with E-state index in [2.05, 4.69) is 4.74 Å². The first-order valence-corrected chi connectivity index (χ1v) is 6.20. The van der Waals surface area contributed by atoms with E-state index in [1.165, 1.54) is 12.1 Å². The molecular formula is C16H13FO3. The van der Waals surface area contributed by atoms with Crippen LogP contribution in [0.5, 0.6) is 0 Å². The molecule has 0 N–H and O–H groups in total. The number of carbonyl (C=O) groups is 2. The predicted octanol–water partition coefficient (Wildman–Crippen LogP) is 3.24. The van der Waals surface area contributed by atoms with Crippen molar-refractivity contribution in [3.63, 3.8) is 0 Å². The van der Waals surface area contributed by atoms with E-state index in [1.54, 1.807) is 13.0 Å². The maximum Gasteiger partial charge on any atom is 0.379 e. The van der Waals surface area contributed by atoms with Gasteiger partial charge in [0.2, 0.25) is 0 Å². The molecule has 20 heavy (non-hydrogen) atoms. The Morgan fingerprint density at radius 2 is 1.75 bits per heavy atom. The fraction of sp³-hybridized carbons (Fsp3) is 0.125. The number of ketones is 1. The third-order valence-corrected chi connectivity index (χ3v) is 2.78. The first-order valence-electron chi connectivity index (χ1n) is 6.20. The van der Waals surface area contributed by atoms with Crippen LogP contribution in [0.3, 0.4) is 0 Å². The van der Waals surface area contributed by atoms with Crippen molar-refractivity contribution >= 4 is 11.8 Å². The average Bonchev–Trinajstić information content (AvgIpc) is 2.48. The van der Waals surface area contributed by atoms with Crippen molar-refractivity contribution in [1.29, 1.82) is 0 Å². The summed E-state index contributed by atoms with van der Waals surface area (Å²) in [6.45, 7) is 1.66. The van der Waals surface area contributed by atoms with E-state index in [0.29, 0.717) is 5.56 Å². The van der Waals surface area contributed by atoms with Gasteiger partial charge in [-0.3, -0.25) is 4.79 Å². The van der Waals surface area contributed by atoms with Gasteiger partial charge in [-0.15, -0.1) is 0 Å². The summed E-state index contributed by atoms with van der Waals surface area (Å²) in [5.74, 6) is -2.75. The molecule has 0 aromatic heterocycles. The molecule has 3 nitrogen and oxygen atoms in total. The molecule has 0 saturated carbocycles. The second-order valence-electron chi connectivity index (χ2n) is 4.11. The van der Waals surface area contributed by atoms with Gasteiger partial charge in [0.05, 0.1) is 12.2 Å². The van der Waals surface area contributed by atoms with Gasteiger partial charge in [-0.05, 0) is 30.2 Å². The summed E-state index contributed by atoms with van der Waals surface area (Å²) in [6, 6.07) is 13.3. The third-order valence-electron chi connectivity index (χ3n) is 2.78. The molecule has 2 aromatic carbocycles. The van der Waals surface area contributed by atoms with Gasteiger partial charge in [0.15, 0.2) is 0 Å². The number of benzene rings is 2. The Morgan fingerprint density at radius 1 is 1.05 bits per heavy atom. The lowest BCUT2D eigenvalue weighted by molar-refractivity contribution is -0.137. The molecule has 102 valence electrons. The predicted molar refractivity (Wildman–Crippen MR) is 72.8 cm³/mol. The number of hydrogen-bond acceptors (Lipinski definition) is 3. The molecular weight excluding hydrogens is 259 g/mol. The van der Waals surface area contributed by atoms with Crippen LogP contribution in [0.25, 0.3) is 11.1 Å². The second-order valence-corrected chi connectivity index (χ2v) is 4.11. The number of Topliss-reactive ketones (excluding diaryl/α,β-unsaturated/α-hetero) is 1. The number of esters is 1. The molecule has 2 rings (SSSR count). The van der Waals surface area contributed by atoms with Gasteiger partial charge in [0.25, 0.3) is 5.78 Å². The maximum atomic E-state index is 13.7. The Labute approximate surface area is 116 Å². The summed E-state index contributed by atoms with van der Waals surface area (Å²) in [7, 11) is 0. The van der Waals surface area contributed by atoms with Crippen LogP contribution in [-0.4, -0.2) is 18.4 Å². The first-order chi connectivity index (χ1) is 9.63. The molecule has 0 saturated heterocycles. The Kier molecular flexibility index (Phi) is 4.25. The smallest absolute Gasteiger partial charge is 0.379 e. The molecule has 0 radical (unpaired) electrons. The minimum absolute atomic E-state index is 0.0740. The van der Waals surface area contributed by atoms with Crippen LogP contribution in [0.1, 0.15) is 17.3 Å². The van der Waals surface area contributed by atoms with Gasteiger partial charge in [-0.1, -0.05) is 36.4 Å². The van der Waals surface area contributed by atoms with Crippen molar-refractivity contribution in [2.24, 2.45) is 0 Å². The molecule has 0 amide bonds. The van der Waals surface area contributed by atoms with Gasteiger partial charge in [0.1, 0.15) is 5.82 Å². The Bertz CT molecular complexity index is 635. The van der Waals surface area contributed by atoms with E-state index >= 15 is 0 Å². The summed E-state index contributed by atoms with van der Waals surface area (Å²) in [6.07, 6.45) is 0. The van der Waals surface area contributed by atoms with Crippen LogP contribution in [0.4, 0.5) is 4.39 Å². The topological polar surface area (TPSA) is 43.4 Å². The second kappa shape index (κ2) is 6.10. The lowest BCUT2D eigenvalue weighted by Gasteiger charge is -2.06. The standard InChI is InChI=1S/C16H13FO3/c1-2-20-16(19)15(18)13-10-12(8-9-14(13)17)11-6-4-3-5-7-11/h3-10H,2H2,1H3. The summed E-state index contributed by atoms with van der Waals surface area (Å²) in [5.41, 5.74) is 1.23. The molecule has 0 fully saturated rings. The highest BCUT2D eigenvalue weighted by atomic mass is 19.1. The third kappa shape index (κ3) is 2.91. The highest BCUT2D eigenvalue weighted by Gasteiger charge is 2.21. The van der Waals surface area contributed by atoms with Crippen molar-refractivity contribution < 1.29 is 18.7 Å². The van der Waals surface area contributed by atoms with E-state index in [-0.39, 0.29) is 12.2 Å². The minimum Gasteiger partial charge on any atom is -0.460 e. The molecule has 0 spiro atoms. The molecule has 0 aliphatic heterocycles. The van der Waals surface area contributed by atoms with Crippen LogP contribution in [0, 0.1) is 5.82 Å². The number of halogens is 1. The van der Waals surface area contributed by atoms with E-state index < -0.39 is 17.6 Å². The van der Waals surface area contributed by atoms with Gasteiger partial charge >= 0.3 is 5.97 Å². The van der Waals surface area contributed by atoms with Gasteiger partial charge in [-0.2, -0.15) is 0 Å². The molecule has 0 aliphatic carbocycles. The fourth-order valence-corrected chi connectivity index (χ4v) is 1.82. The zero-order valence-electron chi connectivity index (χ0n) is 10.9. The van der Waals surface area contributed by atoms with Crippen LogP contribution in [-0.2, 0) is 9.53 Å². The van der Waals surface area contributed by atoms with Crippen molar-refractivity contribution in [1.82, 2.24) is 0 Å². The number of ether oxygens (including phenoxy) is 1. The number of hydrogen-bond donors (Lipinski definition) is 0. The lowest BCUT2D eigenvalue weighted by Crippen LogP contribution is -2.18. The van der Waals surface area contributed by atoms with Gasteiger partial charge < -0.3 is 4.74 Å².